The van der Waals surface area contributed by atoms with E-state index in [1.807, 2.05) is 0 Å². The van der Waals surface area contributed by atoms with E-state index in [2.05, 4.69) is 5.32 Å². The highest BCUT2D eigenvalue weighted by atomic mass is 16.6. The summed E-state index contributed by atoms with van der Waals surface area (Å²) in [5, 5.41) is 3.15. The van der Waals surface area contributed by atoms with Crippen molar-refractivity contribution < 1.29 is 14.3 Å². The third-order valence-electron chi connectivity index (χ3n) is 2.56. The Kier molecular flexibility index (Phi) is 2.80. The van der Waals surface area contributed by atoms with Crippen LogP contribution in [0.3, 0.4) is 0 Å². The Morgan fingerprint density at radius 1 is 1.46 bits per heavy atom. The van der Waals surface area contributed by atoms with Gasteiger partial charge in [0, 0.05) is 13.0 Å². The van der Waals surface area contributed by atoms with Gasteiger partial charge in [0.2, 0.25) is 0 Å². The number of hydrogen-bond donors (Lipinski definition) is 1. The summed E-state index contributed by atoms with van der Waals surface area (Å²) in [7, 11) is 0. The standard InChI is InChI=1S/C9H15NO3/c11-9(7-1-3-10-5-7)13-8-2-4-12-6-8/h7-8,10H,1-6H2. The van der Waals surface area contributed by atoms with Gasteiger partial charge >= 0.3 is 5.97 Å². The number of nitrogens with one attached hydrogen (secondary N) is 1. The normalized spacial score (nSPS) is 33.5. The van der Waals surface area contributed by atoms with Crippen LogP contribution in [0.5, 0.6) is 0 Å². The lowest BCUT2D eigenvalue weighted by Gasteiger charge is -2.13. The molecule has 2 fully saturated rings. The van der Waals surface area contributed by atoms with Crippen molar-refractivity contribution in [2.45, 2.75) is 18.9 Å². The first-order chi connectivity index (χ1) is 6.36. The molecule has 1 N–H and O–H groups in total. The second kappa shape index (κ2) is 4.07. The summed E-state index contributed by atoms with van der Waals surface area (Å²) < 4.78 is 10.4. The molecule has 2 heterocycles. The molecule has 0 amide bonds. The van der Waals surface area contributed by atoms with Crippen LogP contribution >= 0.6 is 0 Å². The smallest absolute Gasteiger partial charge is 0.310 e. The molecule has 0 aromatic heterocycles. The summed E-state index contributed by atoms with van der Waals surface area (Å²) in [5.41, 5.74) is 0. The maximum Gasteiger partial charge on any atom is 0.310 e. The van der Waals surface area contributed by atoms with Crippen LogP contribution in [-0.2, 0) is 14.3 Å². The van der Waals surface area contributed by atoms with Crippen LogP contribution in [0.4, 0.5) is 0 Å². The monoisotopic (exact) mass is 185 g/mol. The first kappa shape index (κ1) is 8.97. The molecule has 74 valence electrons. The summed E-state index contributed by atoms with van der Waals surface area (Å²) in [5.74, 6) is 0.0149. The Bertz CT molecular complexity index is 183. The van der Waals surface area contributed by atoms with Crippen LogP contribution in [0.15, 0.2) is 0 Å². The molecule has 2 rings (SSSR count). The minimum atomic E-state index is -0.0551. The van der Waals surface area contributed by atoms with E-state index in [1.54, 1.807) is 0 Å². The molecule has 0 bridgehead atoms. The van der Waals surface area contributed by atoms with Gasteiger partial charge in [0.05, 0.1) is 19.1 Å². The third kappa shape index (κ3) is 2.19. The lowest BCUT2D eigenvalue weighted by atomic mass is 10.1. The van der Waals surface area contributed by atoms with Gasteiger partial charge < -0.3 is 14.8 Å². The van der Waals surface area contributed by atoms with Gasteiger partial charge in [-0.25, -0.2) is 0 Å². The van der Waals surface area contributed by atoms with Crippen LogP contribution < -0.4 is 5.32 Å². The molecule has 2 aliphatic rings. The summed E-state index contributed by atoms with van der Waals surface area (Å²) >= 11 is 0. The van der Waals surface area contributed by atoms with E-state index in [0.29, 0.717) is 6.61 Å². The Labute approximate surface area is 77.6 Å². The summed E-state index contributed by atoms with van der Waals surface area (Å²) in [6, 6.07) is 0. The van der Waals surface area contributed by atoms with E-state index in [-0.39, 0.29) is 18.0 Å². The summed E-state index contributed by atoms with van der Waals surface area (Å²) in [6.45, 7) is 3.00. The van der Waals surface area contributed by atoms with E-state index < -0.39 is 0 Å². The van der Waals surface area contributed by atoms with Crippen LogP contribution in [0.2, 0.25) is 0 Å². The molecule has 2 unspecified atom stereocenters. The fraction of sp³-hybridized carbons (Fsp3) is 0.889. The lowest BCUT2D eigenvalue weighted by molar-refractivity contribution is -0.153. The SMILES string of the molecule is O=C(OC1CCOC1)C1CCNC1. The predicted octanol–water partition coefficient (Wildman–Crippen LogP) is -0.0720. The van der Waals surface area contributed by atoms with Crippen molar-refractivity contribution in [3.05, 3.63) is 0 Å². The topological polar surface area (TPSA) is 47.6 Å². The van der Waals surface area contributed by atoms with Gasteiger partial charge in [-0.1, -0.05) is 0 Å². The fourth-order valence-electron chi connectivity index (χ4n) is 1.72. The molecular formula is C9H15NO3. The van der Waals surface area contributed by atoms with Gasteiger partial charge in [-0.2, -0.15) is 0 Å². The van der Waals surface area contributed by atoms with Gasteiger partial charge in [-0.3, -0.25) is 4.79 Å². The van der Waals surface area contributed by atoms with Crippen LogP contribution in [0.1, 0.15) is 12.8 Å². The van der Waals surface area contributed by atoms with Crippen molar-refractivity contribution in [2.75, 3.05) is 26.3 Å². The Balaban J connectivity index is 1.76. The average molecular weight is 185 g/mol. The van der Waals surface area contributed by atoms with Crippen molar-refractivity contribution in [3.8, 4) is 0 Å². The highest BCUT2D eigenvalue weighted by Gasteiger charge is 2.27. The zero-order valence-corrected chi connectivity index (χ0v) is 7.62. The quantitative estimate of drug-likeness (QED) is 0.612. The molecule has 0 aromatic rings. The molecular weight excluding hydrogens is 170 g/mol. The van der Waals surface area contributed by atoms with Crippen LogP contribution in [0, 0.1) is 5.92 Å². The summed E-state index contributed by atoms with van der Waals surface area (Å²) in [4.78, 5) is 11.5. The molecule has 0 aromatic carbocycles. The molecule has 0 radical (unpaired) electrons. The Morgan fingerprint density at radius 3 is 3.00 bits per heavy atom. The van der Waals surface area contributed by atoms with Crippen molar-refractivity contribution >= 4 is 5.97 Å². The maximum atomic E-state index is 11.5. The first-order valence-corrected chi connectivity index (χ1v) is 4.85. The maximum absolute atomic E-state index is 11.5. The van der Waals surface area contributed by atoms with Gasteiger partial charge in [0.15, 0.2) is 0 Å². The zero-order valence-electron chi connectivity index (χ0n) is 7.62. The number of esters is 1. The second-order valence-electron chi connectivity index (χ2n) is 3.61. The molecule has 2 aliphatic heterocycles. The number of carbonyl (C=O) groups is 1. The van der Waals surface area contributed by atoms with Gasteiger partial charge in [-0.15, -0.1) is 0 Å². The largest absolute Gasteiger partial charge is 0.460 e. The zero-order chi connectivity index (χ0) is 9.10. The Morgan fingerprint density at radius 2 is 2.38 bits per heavy atom. The second-order valence-corrected chi connectivity index (χ2v) is 3.61. The van der Waals surface area contributed by atoms with Crippen molar-refractivity contribution in [1.29, 1.82) is 0 Å². The molecule has 2 saturated heterocycles. The van der Waals surface area contributed by atoms with E-state index in [9.17, 15) is 4.79 Å². The van der Waals surface area contributed by atoms with Crippen molar-refractivity contribution in [2.24, 2.45) is 5.92 Å². The number of ether oxygens (including phenoxy) is 2. The molecule has 4 nitrogen and oxygen atoms in total. The van der Waals surface area contributed by atoms with E-state index in [1.165, 1.54) is 0 Å². The molecule has 13 heavy (non-hydrogen) atoms. The Hall–Kier alpha value is -0.610. The first-order valence-electron chi connectivity index (χ1n) is 4.85. The number of hydrogen-bond acceptors (Lipinski definition) is 4. The third-order valence-corrected chi connectivity index (χ3v) is 2.56. The predicted molar refractivity (Wildman–Crippen MR) is 46.3 cm³/mol. The average Bonchev–Trinajstić information content (AvgIpc) is 2.74. The van der Waals surface area contributed by atoms with Crippen LogP contribution in [-0.4, -0.2) is 38.4 Å². The highest BCUT2D eigenvalue weighted by Crippen LogP contribution is 2.14. The molecule has 2 atom stereocenters. The van der Waals surface area contributed by atoms with Crippen molar-refractivity contribution in [3.63, 3.8) is 0 Å². The van der Waals surface area contributed by atoms with E-state index in [0.717, 1.165) is 32.5 Å². The molecule has 0 saturated carbocycles. The van der Waals surface area contributed by atoms with Gasteiger partial charge in [0.25, 0.3) is 0 Å². The summed E-state index contributed by atoms with van der Waals surface area (Å²) in [6.07, 6.45) is 1.77. The van der Waals surface area contributed by atoms with Crippen molar-refractivity contribution in [1.82, 2.24) is 5.32 Å². The fourth-order valence-corrected chi connectivity index (χ4v) is 1.72. The number of rotatable bonds is 2. The molecule has 0 aliphatic carbocycles. The number of carbonyl (C=O) groups excluding carboxylic acids is 1. The van der Waals surface area contributed by atoms with Gasteiger partial charge in [0.1, 0.15) is 6.10 Å². The van der Waals surface area contributed by atoms with E-state index >= 15 is 0 Å². The minimum absolute atomic E-state index is 0.00750. The molecule has 4 heteroatoms. The van der Waals surface area contributed by atoms with Gasteiger partial charge in [-0.05, 0) is 13.0 Å². The molecule has 0 spiro atoms. The minimum Gasteiger partial charge on any atom is -0.460 e. The lowest BCUT2D eigenvalue weighted by Crippen LogP contribution is -2.25. The highest BCUT2D eigenvalue weighted by molar-refractivity contribution is 5.73. The van der Waals surface area contributed by atoms with E-state index in [4.69, 9.17) is 9.47 Å². The van der Waals surface area contributed by atoms with Crippen LogP contribution in [0.25, 0.3) is 0 Å².